The number of phenols is 1. The van der Waals surface area contributed by atoms with Crippen molar-refractivity contribution in [3.8, 4) is 5.75 Å². The number of nitrogens with zero attached hydrogens (tertiary/aromatic N) is 1. The summed E-state index contributed by atoms with van der Waals surface area (Å²) in [7, 11) is 0. The van der Waals surface area contributed by atoms with Crippen LogP contribution in [0.1, 0.15) is 31.9 Å². The summed E-state index contributed by atoms with van der Waals surface area (Å²) in [5, 5.41) is 13.4. The van der Waals surface area contributed by atoms with Gasteiger partial charge in [0.1, 0.15) is 5.75 Å². The second kappa shape index (κ2) is 10.8. The van der Waals surface area contributed by atoms with Crippen molar-refractivity contribution in [2.24, 2.45) is 5.92 Å². The van der Waals surface area contributed by atoms with Crippen molar-refractivity contribution in [2.45, 2.75) is 26.3 Å². The number of hydrogen-bond acceptors (Lipinski definition) is 3. The van der Waals surface area contributed by atoms with Crippen molar-refractivity contribution in [3.05, 3.63) is 24.8 Å². The number of benzene rings is 1. The van der Waals surface area contributed by atoms with E-state index >= 15 is 0 Å². The van der Waals surface area contributed by atoms with Crippen LogP contribution in [-0.4, -0.2) is 36.2 Å². The molecule has 0 spiro atoms. The number of aromatic hydroxyl groups is 1. The maximum Gasteiger partial charge on any atom is 0.142 e. The quantitative estimate of drug-likeness (QED) is 0.524. The molecule has 1 fully saturated rings. The van der Waals surface area contributed by atoms with Gasteiger partial charge in [0, 0.05) is 32.2 Å². The van der Waals surface area contributed by atoms with E-state index in [-0.39, 0.29) is 24.8 Å². The Morgan fingerprint density at radius 2 is 1.68 bits per heavy atom. The Hall–Kier alpha value is 0.980. The molecule has 0 saturated carbocycles. The fraction of sp³-hybridized carbons (Fsp3) is 0.600. The lowest BCUT2D eigenvalue weighted by molar-refractivity contribution is 0.128. The van der Waals surface area contributed by atoms with Gasteiger partial charge in [-0.05, 0) is 68.8 Å². The van der Waals surface area contributed by atoms with E-state index in [0.717, 1.165) is 33.3 Å². The van der Waals surface area contributed by atoms with Crippen LogP contribution in [0.25, 0.3) is 0 Å². The van der Waals surface area contributed by atoms with E-state index in [1.807, 2.05) is 0 Å². The minimum Gasteiger partial charge on any atom is -0.506 e. The lowest BCUT2D eigenvalue weighted by Gasteiger charge is -2.38. The van der Waals surface area contributed by atoms with Crippen LogP contribution in [0, 0.1) is 13.1 Å². The molecule has 0 amide bonds. The molecule has 22 heavy (non-hydrogen) atoms. The number of halogens is 4. The average Bonchev–Trinajstić information content (AvgIpc) is 2.46. The van der Waals surface area contributed by atoms with Crippen molar-refractivity contribution in [1.82, 2.24) is 10.2 Å². The zero-order valence-corrected chi connectivity index (χ0v) is 18.8. The Morgan fingerprint density at radius 3 is 2.14 bits per heavy atom. The summed E-state index contributed by atoms with van der Waals surface area (Å²) >= 11 is 4.46. The Bertz CT molecular complexity index is 448. The molecule has 1 aliphatic rings. The minimum atomic E-state index is 0. The van der Waals surface area contributed by atoms with Crippen LogP contribution in [-0.2, 0) is 0 Å². The molecular formula is C15H24Cl2I2N2O. The first-order valence-corrected chi connectivity index (χ1v) is 9.33. The third-order valence-electron chi connectivity index (χ3n) is 4.11. The Kier molecular flexibility index (Phi) is 11.2. The van der Waals surface area contributed by atoms with Crippen molar-refractivity contribution in [1.29, 1.82) is 0 Å². The lowest BCUT2D eigenvalue weighted by Crippen LogP contribution is -2.46. The SMILES string of the molecule is CCC(C)[C@@H](c1cc(I)c(O)c(I)c1)N1CCNCC1.Cl.Cl. The normalized spacial score (nSPS) is 18.0. The predicted octanol–water partition coefficient (Wildman–Crippen LogP) is 4.44. The number of hydrogen-bond donors (Lipinski definition) is 2. The summed E-state index contributed by atoms with van der Waals surface area (Å²) < 4.78 is 1.90. The largest absolute Gasteiger partial charge is 0.506 e. The van der Waals surface area contributed by atoms with Gasteiger partial charge < -0.3 is 10.4 Å². The first kappa shape index (κ1) is 23.0. The molecule has 1 aromatic carbocycles. The molecule has 1 aliphatic heterocycles. The van der Waals surface area contributed by atoms with Crippen LogP contribution < -0.4 is 5.32 Å². The zero-order chi connectivity index (χ0) is 14.7. The first-order chi connectivity index (χ1) is 9.54. The maximum absolute atomic E-state index is 9.98. The van der Waals surface area contributed by atoms with Gasteiger partial charge >= 0.3 is 0 Å². The molecule has 2 rings (SSSR count). The molecule has 0 aromatic heterocycles. The Labute approximate surface area is 173 Å². The van der Waals surface area contributed by atoms with E-state index in [9.17, 15) is 5.11 Å². The van der Waals surface area contributed by atoms with E-state index in [1.54, 1.807) is 0 Å². The predicted molar refractivity (Wildman–Crippen MR) is 115 cm³/mol. The Morgan fingerprint density at radius 1 is 1.18 bits per heavy atom. The van der Waals surface area contributed by atoms with Crippen LogP contribution in [0.3, 0.4) is 0 Å². The highest BCUT2D eigenvalue weighted by atomic mass is 127. The van der Waals surface area contributed by atoms with Gasteiger partial charge in [0.25, 0.3) is 0 Å². The smallest absolute Gasteiger partial charge is 0.142 e. The maximum atomic E-state index is 9.98. The van der Waals surface area contributed by atoms with Gasteiger partial charge in [0.15, 0.2) is 0 Å². The molecule has 0 radical (unpaired) electrons. The first-order valence-electron chi connectivity index (χ1n) is 7.17. The molecule has 0 aliphatic carbocycles. The lowest BCUT2D eigenvalue weighted by atomic mass is 9.90. The fourth-order valence-corrected chi connectivity index (χ4v) is 4.65. The van der Waals surface area contributed by atoms with E-state index in [1.165, 1.54) is 12.0 Å². The molecule has 3 nitrogen and oxygen atoms in total. The second-order valence-electron chi connectivity index (χ2n) is 5.45. The van der Waals surface area contributed by atoms with Gasteiger partial charge in [0.05, 0.1) is 7.14 Å². The van der Waals surface area contributed by atoms with Gasteiger partial charge in [-0.3, -0.25) is 4.90 Å². The summed E-state index contributed by atoms with van der Waals surface area (Å²) in [4.78, 5) is 2.59. The molecule has 1 aromatic rings. The number of phenolic OH excluding ortho intramolecular Hbond substituents is 1. The summed E-state index contributed by atoms with van der Waals surface area (Å²) in [6.45, 7) is 8.93. The highest BCUT2D eigenvalue weighted by molar-refractivity contribution is 14.1. The molecule has 1 heterocycles. The van der Waals surface area contributed by atoms with Gasteiger partial charge in [0.2, 0.25) is 0 Å². The van der Waals surface area contributed by atoms with Crippen LogP contribution in [0.5, 0.6) is 5.75 Å². The van der Waals surface area contributed by atoms with Crippen LogP contribution >= 0.6 is 70.0 Å². The van der Waals surface area contributed by atoms with Gasteiger partial charge in [-0.2, -0.15) is 0 Å². The van der Waals surface area contributed by atoms with Gasteiger partial charge in [-0.1, -0.05) is 20.3 Å². The Balaban J connectivity index is 0.00000220. The topological polar surface area (TPSA) is 35.5 Å². The second-order valence-corrected chi connectivity index (χ2v) is 7.77. The minimum absolute atomic E-state index is 0. The standard InChI is InChI=1S/C15H22I2N2O.2ClH/c1-3-10(2)14(19-6-4-18-5-7-19)11-8-12(16)15(20)13(17)9-11;;/h8-10,14,18,20H,3-7H2,1-2H3;2*1H/t10?,14-;;/m0../s1. The van der Waals surface area contributed by atoms with E-state index in [4.69, 9.17) is 0 Å². The summed E-state index contributed by atoms with van der Waals surface area (Å²) in [5.74, 6) is 1.03. The van der Waals surface area contributed by atoms with E-state index in [2.05, 4.69) is 81.4 Å². The van der Waals surface area contributed by atoms with E-state index in [0.29, 0.717) is 17.7 Å². The average molecular weight is 573 g/mol. The van der Waals surface area contributed by atoms with Crippen molar-refractivity contribution >= 4 is 70.0 Å². The zero-order valence-electron chi connectivity index (χ0n) is 12.8. The van der Waals surface area contributed by atoms with Crippen LogP contribution in [0.4, 0.5) is 0 Å². The molecule has 2 atom stereocenters. The summed E-state index contributed by atoms with van der Waals surface area (Å²) in [6, 6.07) is 4.75. The molecule has 7 heteroatoms. The number of piperazine rings is 1. The third kappa shape index (κ3) is 5.51. The summed E-state index contributed by atoms with van der Waals surface area (Å²) in [6.07, 6.45) is 1.17. The molecule has 128 valence electrons. The highest BCUT2D eigenvalue weighted by Gasteiger charge is 2.27. The highest BCUT2D eigenvalue weighted by Crippen LogP contribution is 2.36. The van der Waals surface area contributed by atoms with Gasteiger partial charge in [-0.15, -0.1) is 24.8 Å². The monoisotopic (exact) mass is 572 g/mol. The molecular weight excluding hydrogens is 549 g/mol. The molecule has 1 saturated heterocycles. The summed E-state index contributed by atoms with van der Waals surface area (Å²) in [5.41, 5.74) is 1.34. The van der Waals surface area contributed by atoms with E-state index < -0.39 is 0 Å². The fourth-order valence-electron chi connectivity index (χ4n) is 2.84. The van der Waals surface area contributed by atoms with Crippen molar-refractivity contribution in [3.63, 3.8) is 0 Å². The van der Waals surface area contributed by atoms with Crippen molar-refractivity contribution in [2.75, 3.05) is 26.2 Å². The third-order valence-corrected chi connectivity index (χ3v) is 5.75. The molecule has 1 unspecified atom stereocenters. The van der Waals surface area contributed by atoms with Crippen LogP contribution in [0.2, 0.25) is 0 Å². The number of rotatable bonds is 4. The molecule has 0 bridgehead atoms. The van der Waals surface area contributed by atoms with Crippen LogP contribution in [0.15, 0.2) is 12.1 Å². The molecule has 2 N–H and O–H groups in total. The van der Waals surface area contributed by atoms with Crippen molar-refractivity contribution < 1.29 is 5.11 Å². The van der Waals surface area contributed by atoms with Gasteiger partial charge in [-0.25, -0.2) is 0 Å². The number of nitrogens with one attached hydrogen (secondary N) is 1.